The van der Waals surface area contributed by atoms with Gasteiger partial charge in [0.15, 0.2) is 0 Å². The fourth-order valence-corrected chi connectivity index (χ4v) is 1.96. The molecule has 0 saturated carbocycles. The van der Waals surface area contributed by atoms with E-state index in [9.17, 15) is 0 Å². The molecule has 0 aliphatic heterocycles. The third-order valence-electron chi connectivity index (χ3n) is 3.04. The molecule has 0 fully saturated rings. The minimum atomic E-state index is 0.363. The van der Waals surface area contributed by atoms with Crippen LogP contribution in [0.1, 0.15) is 49.1 Å². The van der Waals surface area contributed by atoms with Crippen LogP contribution in [0.15, 0.2) is 42.6 Å². The van der Waals surface area contributed by atoms with Crippen molar-refractivity contribution in [3.8, 4) is 0 Å². The summed E-state index contributed by atoms with van der Waals surface area (Å²) in [6, 6.07) is 12.8. The van der Waals surface area contributed by atoms with E-state index in [0.717, 1.165) is 0 Å². The van der Waals surface area contributed by atoms with Gasteiger partial charge in [-0.3, -0.25) is 4.98 Å². The smallest absolute Gasteiger partial charge is 0.0504 e. The Morgan fingerprint density at radius 3 is 2.11 bits per heavy atom. The molecular formula is C17H23N. The van der Waals surface area contributed by atoms with Crippen molar-refractivity contribution in [1.29, 1.82) is 0 Å². The number of hydrogen-bond donors (Lipinski definition) is 0. The molecule has 2 aromatic rings. The molecule has 0 radical (unpaired) electrons. The number of aryl methyl sites for hydroxylation is 2. The van der Waals surface area contributed by atoms with Crippen LogP contribution < -0.4 is 0 Å². The second kappa shape index (κ2) is 6.95. The zero-order valence-electron chi connectivity index (χ0n) is 12.1. The van der Waals surface area contributed by atoms with Crippen molar-refractivity contribution in [2.75, 3.05) is 0 Å². The molecule has 1 aromatic heterocycles. The summed E-state index contributed by atoms with van der Waals surface area (Å²) in [5, 5.41) is 0. The van der Waals surface area contributed by atoms with Crippen LogP contribution in [-0.4, -0.2) is 4.98 Å². The van der Waals surface area contributed by atoms with Gasteiger partial charge in [0.25, 0.3) is 0 Å². The zero-order chi connectivity index (χ0) is 13.5. The van der Waals surface area contributed by atoms with Crippen LogP contribution in [0.4, 0.5) is 0 Å². The van der Waals surface area contributed by atoms with Crippen molar-refractivity contribution in [2.24, 2.45) is 0 Å². The van der Waals surface area contributed by atoms with Crippen molar-refractivity contribution in [3.05, 3.63) is 65.0 Å². The van der Waals surface area contributed by atoms with Gasteiger partial charge in [-0.05, 0) is 31.0 Å². The molecule has 96 valence electrons. The summed E-state index contributed by atoms with van der Waals surface area (Å²) in [5.41, 5.74) is 5.06. The van der Waals surface area contributed by atoms with Gasteiger partial charge < -0.3 is 0 Å². The van der Waals surface area contributed by atoms with E-state index in [2.05, 4.69) is 56.1 Å². The Labute approximate surface area is 111 Å². The molecule has 2 rings (SSSR count). The molecule has 1 atom stereocenters. The molecule has 18 heavy (non-hydrogen) atoms. The fraction of sp³-hybridized carbons (Fsp3) is 0.353. The molecule has 1 nitrogen and oxygen atoms in total. The highest BCUT2D eigenvalue weighted by atomic mass is 14.7. The third kappa shape index (κ3) is 3.43. The first-order chi connectivity index (χ1) is 8.68. The van der Waals surface area contributed by atoms with Crippen LogP contribution in [0.25, 0.3) is 0 Å². The monoisotopic (exact) mass is 241 g/mol. The topological polar surface area (TPSA) is 12.9 Å². The molecule has 0 bridgehead atoms. The number of hydrogen-bond acceptors (Lipinski definition) is 1. The SMILES string of the molecule is CC.Cc1ccc(C(C)c2ncccc2C)cc1. The number of aromatic nitrogens is 1. The first kappa shape index (κ1) is 14.4. The molecule has 0 aliphatic carbocycles. The highest BCUT2D eigenvalue weighted by molar-refractivity contribution is 5.33. The summed E-state index contributed by atoms with van der Waals surface area (Å²) in [6.07, 6.45) is 1.87. The lowest BCUT2D eigenvalue weighted by molar-refractivity contribution is 0.857. The second-order valence-electron chi connectivity index (χ2n) is 4.34. The van der Waals surface area contributed by atoms with Gasteiger partial charge in [-0.2, -0.15) is 0 Å². The van der Waals surface area contributed by atoms with Crippen LogP contribution in [0.3, 0.4) is 0 Å². The van der Waals surface area contributed by atoms with Gasteiger partial charge in [-0.25, -0.2) is 0 Å². The molecular weight excluding hydrogens is 218 g/mol. The van der Waals surface area contributed by atoms with Gasteiger partial charge in [0, 0.05) is 12.1 Å². The number of rotatable bonds is 2. The third-order valence-corrected chi connectivity index (χ3v) is 3.04. The largest absolute Gasteiger partial charge is 0.260 e. The predicted octanol–water partition coefficient (Wildman–Crippen LogP) is 4.88. The summed E-state index contributed by atoms with van der Waals surface area (Å²) < 4.78 is 0. The standard InChI is InChI=1S/C15H17N.C2H6/c1-11-6-8-14(9-7-11)13(3)15-12(2)5-4-10-16-15;1-2/h4-10,13H,1-3H3;1-2H3. The van der Waals surface area contributed by atoms with E-state index in [1.807, 2.05) is 26.1 Å². The Bertz CT molecular complexity index is 471. The summed E-state index contributed by atoms with van der Waals surface area (Å²) in [7, 11) is 0. The molecule has 0 N–H and O–H groups in total. The van der Waals surface area contributed by atoms with Gasteiger partial charge in [0.05, 0.1) is 5.69 Å². The van der Waals surface area contributed by atoms with Crippen molar-refractivity contribution in [3.63, 3.8) is 0 Å². The van der Waals surface area contributed by atoms with Gasteiger partial charge in [0.2, 0.25) is 0 Å². The second-order valence-corrected chi connectivity index (χ2v) is 4.34. The maximum Gasteiger partial charge on any atom is 0.0504 e. The van der Waals surface area contributed by atoms with Gasteiger partial charge in [-0.15, -0.1) is 0 Å². The van der Waals surface area contributed by atoms with Crippen molar-refractivity contribution >= 4 is 0 Å². The molecule has 0 spiro atoms. The van der Waals surface area contributed by atoms with Crippen molar-refractivity contribution < 1.29 is 0 Å². The summed E-state index contributed by atoms with van der Waals surface area (Å²) in [6.45, 7) is 10.4. The summed E-state index contributed by atoms with van der Waals surface area (Å²) >= 11 is 0. The van der Waals surface area contributed by atoms with E-state index in [-0.39, 0.29) is 0 Å². The molecule has 0 saturated heterocycles. The minimum absolute atomic E-state index is 0.363. The van der Waals surface area contributed by atoms with Crippen LogP contribution in [-0.2, 0) is 0 Å². The average Bonchev–Trinajstić information content (AvgIpc) is 2.42. The Kier molecular flexibility index (Phi) is 5.57. The van der Waals surface area contributed by atoms with Crippen LogP contribution in [0, 0.1) is 13.8 Å². The Hall–Kier alpha value is -1.63. The lowest BCUT2D eigenvalue weighted by Crippen LogP contribution is -2.01. The molecule has 0 aliphatic rings. The highest BCUT2D eigenvalue weighted by Gasteiger charge is 2.11. The van der Waals surface area contributed by atoms with E-state index in [0.29, 0.717) is 5.92 Å². The molecule has 1 aromatic carbocycles. The zero-order valence-corrected chi connectivity index (χ0v) is 12.1. The fourth-order valence-electron chi connectivity index (χ4n) is 1.96. The minimum Gasteiger partial charge on any atom is -0.260 e. The van der Waals surface area contributed by atoms with E-state index >= 15 is 0 Å². The highest BCUT2D eigenvalue weighted by Crippen LogP contribution is 2.24. The molecule has 1 unspecified atom stereocenters. The quantitative estimate of drug-likeness (QED) is 0.730. The lowest BCUT2D eigenvalue weighted by atomic mass is 9.94. The van der Waals surface area contributed by atoms with E-state index < -0.39 is 0 Å². The van der Waals surface area contributed by atoms with E-state index in [1.54, 1.807) is 0 Å². The van der Waals surface area contributed by atoms with E-state index in [1.165, 1.54) is 22.4 Å². The van der Waals surface area contributed by atoms with Gasteiger partial charge >= 0.3 is 0 Å². The number of benzene rings is 1. The number of nitrogens with zero attached hydrogens (tertiary/aromatic N) is 1. The lowest BCUT2D eigenvalue weighted by Gasteiger charge is -2.13. The van der Waals surface area contributed by atoms with Crippen LogP contribution in [0.2, 0.25) is 0 Å². The van der Waals surface area contributed by atoms with Crippen LogP contribution in [0.5, 0.6) is 0 Å². The van der Waals surface area contributed by atoms with Gasteiger partial charge in [-0.1, -0.05) is 56.7 Å². The Balaban J connectivity index is 0.000000771. The Morgan fingerprint density at radius 2 is 1.56 bits per heavy atom. The maximum absolute atomic E-state index is 4.48. The maximum atomic E-state index is 4.48. The Morgan fingerprint density at radius 1 is 0.944 bits per heavy atom. The predicted molar refractivity (Wildman–Crippen MR) is 79.0 cm³/mol. The molecule has 1 heteroatoms. The van der Waals surface area contributed by atoms with Crippen molar-refractivity contribution in [2.45, 2.75) is 40.5 Å². The number of pyridine rings is 1. The average molecular weight is 241 g/mol. The van der Waals surface area contributed by atoms with Crippen molar-refractivity contribution in [1.82, 2.24) is 4.98 Å². The molecule has 0 amide bonds. The summed E-state index contributed by atoms with van der Waals surface area (Å²) in [5.74, 6) is 0.363. The molecule has 1 heterocycles. The van der Waals surface area contributed by atoms with E-state index in [4.69, 9.17) is 0 Å². The van der Waals surface area contributed by atoms with Gasteiger partial charge in [0.1, 0.15) is 0 Å². The van der Waals surface area contributed by atoms with Crippen LogP contribution >= 0.6 is 0 Å². The summed E-state index contributed by atoms with van der Waals surface area (Å²) in [4.78, 5) is 4.48. The first-order valence-electron chi connectivity index (χ1n) is 6.66. The normalized spacial score (nSPS) is 11.4. The first-order valence-corrected chi connectivity index (χ1v) is 6.66.